The third-order valence-electron chi connectivity index (χ3n) is 9.84. The van der Waals surface area contributed by atoms with Gasteiger partial charge in [0.05, 0.1) is 0 Å². The van der Waals surface area contributed by atoms with E-state index in [1.165, 1.54) is 4.90 Å². The van der Waals surface area contributed by atoms with Gasteiger partial charge in [0.1, 0.15) is 0 Å². The predicted octanol–water partition coefficient (Wildman–Crippen LogP) is 6.01. The van der Waals surface area contributed by atoms with Crippen molar-refractivity contribution in [2.45, 2.75) is 39.3 Å². The summed E-state index contributed by atoms with van der Waals surface area (Å²) in [6.07, 6.45) is -2.92. The molecule has 48 heavy (non-hydrogen) atoms. The smallest absolute Gasteiger partial charge is 0.431 e. The maximum absolute atomic E-state index is 13.9. The molecule has 0 spiro atoms. The molecule has 9 nitrogen and oxygen atoms in total. The standard InChI is InChI=1S/C35H39ClF3N5O4/c1-22-9-10-28(17-29(22)36)44(33(46)25-11-15-42(16-12-25)23(2)45)14-6-13-41-18-26-20-43(21-27(26)19-41)34(47)30-31(35(37,38)39)48-32(40-30)24-7-4-3-5-8-24/h3-5,7-10,17,25-27H,6,11-16,18-21H2,1-2H3. The molecular weight excluding hydrogens is 647 g/mol. The third kappa shape index (κ3) is 7.24. The Hall–Kier alpha value is -3.90. The Labute approximate surface area is 282 Å². The minimum atomic E-state index is -4.86. The van der Waals surface area contributed by atoms with E-state index in [2.05, 4.69) is 9.88 Å². The number of piperidine rings is 1. The van der Waals surface area contributed by atoms with Crippen LogP contribution in [-0.4, -0.2) is 89.8 Å². The molecule has 3 saturated heterocycles. The second-order valence-electron chi connectivity index (χ2n) is 13.1. The van der Waals surface area contributed by atoms with Gasteiger partial charge < -0.3 is 24.0 Å². The van der Waals surface area contributed by atoms with Crippen LogP contribution in [0.15, 0.2) is 52.9 Å². The van der Waals surface area contributed by atoms with Crippen molar-refractivity contribution in [1.29, 1.82) is 0 Å². The van der Waals surface area contributed by atoms with Crippen LogP contribution in [0.3, 0.4) is 0 Å². The topological polar surface area (TPSA) is 90.2 Å². The van der Waals surface area contributed by atoms with Crippen molar-refractivity contribution in [3.8, 4) is 11.5 Å². The van der Waals surface area contributed by atoms with Crippen LogP contribution in [0.25, 0.3) is 11.5 Å². The molecule has 1 aromatic heterocycles. The number of likely N-dealkylation sites (tertiary alicyclic amines) is 3. The SMILES string of the molecule is CC(=O)N1CCC(C(=O)N(CCCN2CC3CN(C(=O)c4nc(-c5ccccc5)oc4C(F)(F)F)CC3C2)c2ccc(C)c(Cl)c2)CC1. The summed E-state index contributed by atoms with van der Waals surface area (Å²) >= 11 is 6.44. The number of alkyl halides is 3. The number of amides is 3. The zero-order valence-electron chi connectivity index (χ0n) is 27.0. The highest BCUT2D eigenvalue weighted by atomic mass is 35.5. The Morgan fingerprint density at radius 1 is 0.979 bits per heavy atom. The highest BCUT2D eigenvalue weighted by molar-refractivity contribution is 6.31. The van der Waals surface area contributed by atoms with Gasteiger partial charge in [-0.25, -0.2) is 4.98 Å². The average Bonchev–Trinajstić information content (AvgIpc) is 3.79. The number of benzene rings is 2. The van der Waals surface area contributed by atoms with Crippen molar-refractivity contribution in [3.05, 3.63) is 70.6 Å². The fraction of sp³-hybridized carbons (Fsp3) is 0.486. The molecule has 256 valence electrons. The van der Waals surface area contributed by atoms with Crippen LogP contribution < -0.4 is 4.90 Å². The molecule has 4 heterocycles. The highest BCUT2D eigenvalue weighted by Crippen LogP contribution is 2.38. The molecular formula is C35H39ClF3N5O4. The Bertz CT molecular complexity index is 1640. The molecule has 2 atom stereocenters. The van der Waals surface area contributed by atoms with Crippen molar-refractivity contribution in [2.75, 3.05) is 57.3 Å². The van der Waals surface area contributed by atoms with Crippen LogP contribution in [0, 0.1) is 24.7 Å². The van der Waals surface area contributed by atoms with Gasteiger partial charge in [-0.3, -0.25) is 14.4 Å². The zero-order valence-corrected chi connectivity index (χ0v) is 27.8. The van der Waals surface area contributed by atoms with Gasteiger partial charge in [0, 0.05) is 74.9 Å². The first kappa shape index (κ1) is 34.0. The molecule has 0 radical (unpaired) electrons. The number of aromatic nitrogens is 1. The normalized spacial score (nSPS) is 20.3. The number of hydrogen-bond acceptors (Lipinski definition) is 6. The highest BCUT2D eigenvalue weighted by Gasteiger charge is 2.46. The monoisotopic (exact) mass is 685 g/mol. The molecule has 3 aliphatic rings. The lowest BCUT2D eigenvalue weighted by atomic mass is 9.94. The quantitative estimate of drug-likeness (QED) is 0.289. The summed E-state index contributed by atoms with van der Waals surface area (Å²) in [5.74, 6) is -2.25. The van der Waals surface area contributed by atoms with Gasteiger partial charge in [-0.15, -0.1) is 0 Å². The number of rotatable bonds is 8. The number of anilines is 1. The molecule has 3 fully saturated rings. The van der Waals surface area contributed by atoms with E-state index >= 15 is 0 Å². The van der Waals surface area contributed by atoms with Crippen molar-refractivity contribution in [2.24, 2.45) is 17.8 Å². The molecule has 3 aromatic rings. The Balaban J connectivity index is 1.06. The van der Waals surface area contributed by atoms with Crippen LogP contribution in [0.1, 0.15) is 48.0 Å². The molecule has 2 unspecified atom stereocenters. The zero-order chi connectivity index (χ0) is 34.2. The van der Waals surface area contributed by atoms with E-state index in [1.807, 2.05) is 30.0 Å². The summed E-state index contributed by atoms with van der Waals surface area (Å²) in [5, 5.41) is 0.590. The molecule has 0 bridgehead atoms. The number of nitrogens with zero attached hydrogens (tertiary/aromatic N) is 5. The maximum atomic E-state index is 13.9. The Kier molecular flexibility index (Phi) is 9.85. The fourth-order valence-corrected chi connectivity index (χ4v) is 7.35. The van der Waals surface area contributed by atoms with Crippen molar-refractivity contribution in [1.82, 2.24) is 19.7 Å². The van der Waals surface area contributed by atoms with E-state index in [-0.39, 0.29) is 35.5 Å². The number of hydrogen-bond donors (Lipinski definition) is 0. The van der Waals surface area contributed by atoms with Crippen molar-refractivity contribution >= 4 is 35.0 Å². The third-order valence-corrected chi connectivity index (χ3v) is 10.2. The molecule has 2 aromatic carbocycles. The molecule has 3 aliphatic heterocycles. The maximum Gasteiger partial charge on any atom is 0.452 e. The second kappa shape index (κ2) is 13.9. The van der Waals surface area contributed by atoms with Gasteiger partial charge in [-0.05, 0) is 74.4 Å². The first-order valence-corrected chi connectivity index (χ1v) is 16.7. The van der Waals surface area contributed by atoms with E-state index in [0.717, 1.165) is 17.8 Å². The Morgan fingerprint density at radius 2 is 1.65 bits per heavy atom. The first-order valence-electron chi connectivity index (χ1n) is 16.4. The van der Waals surface area contributed by atoms with E-state index < -0.39 is 23.5 Å². The van der Waals surface area contributed by atoms with Crippen LogP contribution in [0.2, 0.25) is 5.02 Å². The van der Waals surface area contributed by atoms with Gasteiger partial charge in [-0.2, -0.15) is 13.2 Å². The molecule has 6 rings (SSSR count). The van der Waals surface area contributed by atoms with Crippen LogP contribution in [-0.2, 0) is 15.8 Å². The minimum absolute atomic E-state index is 0.0207. The predicted molar refractivity (Wildman–Crippen MR) is 174 cm³/mol. The second-order valence-corrected chi connectivity index (χ2v) is 13.5. The lowest BCUT2D eigenvalue weighted by Gasteiger charge is -2.34. The van der Waals surface area contributed by atoms with Gasteiger partial charge in [0.25, 0.3) is 5.91 Å². The number of carbonyl (C=O) groups excluding carboxylic acids is 3. The Morgan fingerprint density at radius 3 is 2.25 bits per heavy atom. The van der Waals surface area contributed by atoms with Crippen LogP contribution >= 0.6 is 11.6 Å². The summed E-state index contributed by atoms with van der Waals surface area (Å²) < 4.78 is 46.7. The van der Waals surface area contributed by atoms with E-state index in [4.69, 9.17) is 16.0 Å². The number of aryl methyl sites for hydroxylation is 1. The van der Waals surface area contributed by atoms with Crippen molar-refractivity contribution < 1.29 is 32.0 Å². The van der Waals surface area contributed by atoms with Gasteiger partial charge in [0.2, 0.25) is 23.5 Å². The first-order chi connectivity index (χ1) is 22.9. The lowest BCUT2D eigenvalue weighted by Crippen LogP contribution is -2.44. The van der Waals surface area contributed by atoms with Gasteiger partial charge in [-0.1, -0.05) is 35.9 Å². The number of carbonyl (C=O) groups is 3. The number of oxazole rings is 1. The minimum Gasteiger partial charge on any atom is -0.431 e. The largest absolute Gasteiger partial charge is 0.452 e. The van der Waals surface area contributed by atoms with Crippen LogP contribution in [0.5, 0.6) is 0 Å². The van der Waals surface area contributed by atoms with Gasteiger partial charge in [0.15, 0.2) is 5.69 Å². The van der Waals surface area contributed by atoms with E-state index in [9.17, 15) is 27.6 Å². The summed E-state index contributed by atoms with van der Waals surface area (Å²) in [6.45, 7) is 7.92. The molecule has 0 saturated carbocycles. The van der Waals surface area contributed by atoms with Crippen molar-refractivity contribution in [3.63, 3.8) is 0 Å². The molecule has 0 N–H and O–H groups in total. The molecule has 0 aliphatic carbocycles. The molecule has 3 amide bonds. The number of fused-ring (bicyclic) bond motifs is 1. The summed E-state index contributed by atoms with van der Waals surface area (Å²) in [5.41, 5.74) is 1.33. The average molecular weight is 686 g/mol. The van der Waals surface area contributed by atoms with Crippen LogP contribution in [0.4, 0.5) is 18.9 Å². The summed E-state index contributed by atoms with van der Waals surface area (Å²) in [7, 11) is 0. The van der Waals surface area contributed by atoms with E-state index in [1.54, 1.807) is 42.2 Å². The lowest BCUT2D eigenvalue weighted by molar-refractivity contribution is -0.153. The number of halogens is 4. The van der Waals surface area contributed by atoms with E-state index in [0.29, 0.717) is 75.7 Å². The summed E-state index contributed by atoms with van der Waals surface area (Å²) in [4.78, 5) is 50.3. The fourth-order valence-electron chi connectivity index (χ4n) is 7.18. The summed E-state index contributed by atoms with van der Waals surface area (Å²) in [6, 6.07) is 13.9. The van der Waals surface area contributed by atoms with Gasteiger partial charge >= 0.3 is 6.18 Å². The molecule has 13 heteroatoms.